The van der Waals surface area contributed by atoms with E-state index in [0.717, 1.165) is 12.4 Å². The lowest BCUT2D eigenvalue weighted by atomic mass is 10.0. The minimum Gasteiger partial charge on any atom is -0.447 e. The van der Waals surface area contributed by atoms with E-state index < -0.39 is 48.8 Å². The normalized spacial score (nSPS) is 12.7. The summed E-state index contributed by atoms with van der Waals surface area (Å²) in [6.45, 7) is -0.972. The Hall–Kier alpha value is -3.49. The summed E-state index contributed by atoms with van der Waals surface area (Å²) >= 11 is 0. The summed E-state index contributed by atoms with van der Waals surface area (Å²) in [5, 5.41) is 16.7. The van der Waals surface area contributed by atoms with E-state index in [1.54, 1.807) is 0 Å². The highest BCUT2D eigenvalue weighted by Crippen LogP contribution is 2.36. The molecule has 2 rings (SSSR count). The Morgan fingerprint density at radius 2 is 1.64 bits per heavy atom. The molecule has 1 unspecified atom stereocenters. The number of carbonyl (C=O) groups is 1. The van der Waals surface area contributed by atoms with Gasteiger partial charge in [0.1, 0.15) is 6.61 Å². The molecule has 1 heterocycles. The molecule has 0 radical (unpaired) electrons. The van der Waals surface area contributed by atoms with E-state index >= 15 is 0 Å². The fourth-order valence-electron chi connectivity index (χ4n) is 2.40. The molecule has 33 heavy (non-hydrogen) atoms. The van der Waals surface area contributed by atoms with Crippen LogP contribution in [0.3, 0.4) is 0 Å². The Balaban J connectivity index is 1.96. The quantitative estimate of drug-likeness (QED) is 0.362. The summed E-state index contributed by atoms with van der Waals surface area (Å²) in [6.07, 6.45) is -9.73. The average molecular weight is 481 g/mol. The van der Waals surface area contributed by atoms with Crippen LogP contribution in [0.1, 0.15) is 23.1 Å². The number of halogens is 6. The molecule has 9 nitrogen and oxygen atoms in total. The first kappa shape index (κ1) is 25.8. The van der Waals surface area contributed by atoms with Gasteiger partial charge in [-0.25, -0.2) is 14.8 Å². The van der Waals surface area contributed by atoms with Gasteiger partial charge in [-0.3, -0.25) is 5.32 Å². The van der Waals surface area contributed by atoms with Crippen molar-refractivity contribution >= 4 is 17.7 Å². The molecular formula is C18H17F6N5O4. The molecule has 0 spiro atoms. The molecule has 1 atom stereocenters. The van der Waals surface area contributed by atoms with Crippen LogP contribution in [0.4, 0.5) is 42.8 Å². The van der Waals surface area contributed by atoms with Crippen LogP contribution >= 0.6 is 0 Å². The van der Waals surface area contributed by atoms with Gasteiger partial charge in [0.25, 0.3) is 0 Å². The number of benzene rings is 1. The van der Waals surface area contributed by atoms with Crippen LogP contribution in [-0.4, -0.2) is 40.4 Å². The number of amides is 1. The van der Waals surface area contributed by atoms with Gasteiger partial charge in [0.15, 0.2) is 0 Å². The fraction of sp³-hybridized carbons (Fsp3) is 0.389. The van der Waals surface area contributed by atoms with Crippen molar-refractivity contribution in [3.05, 3.63) is 52.2 Å². The molecule has 1 amide bonds. The van der Waals surface area contributed by atoms with Crippen molar-refractivity contribution in [2.45, 2.75) is 31.4 Å². The average Bonchev–Trinajstić information content (AvgIpc) is 2.74. The van der Waals surface area contributed by atoms with Gasteiger partial charge in [-0.2, -0.15) is 31.2 Å². The third-order valence-electron chi connectivity index (χ3n) is 3.96. The van der Waals surface area contributed by atoms with Crippen LogP contribution in [0.15, 0.2) is 35.8 Å². The van der Waals surface area contributed by atoms with Crippen LogP contribution in [-0.2, 0) is 23.6 Å². The van der Waals surface area contributed by atoms with Crippen LogP contribution in [0.2, 0.25) is 0 Å². The Labute approximate surface area is 182 Å². The fourth-order valence-corrected chi connectivity index (χ4v) is 2.40. The Morgan fingerprint density at radius 3 is 2.15 bits per heavy atom. The molecule has 180 valence electrons. The van der Waals surface area contributed by atoms with Crippen molar-refractivity contribution in [2.75, 3.05) is 23.8 Å². The number of aliphatic hydroxyl groups excluding tert-OH is 1. The third kappa shape index (κ3) is 8.51. The zero-order valence-electron chi connectivity index (χ0n) is 16.6. The Bertz CT molecular complexity index is 921. The highest BCUT2D eigenvalue weighted by molar-refractivity contribution is 5.84. The highest BCUT2D eigenvalue weighted by atomic mass is 19.4. The summed E-state index contributed by atoms with van der Waals surface area (Å²) in [6, 6.07) is 1.18. The zero-order valence-corrected chi connectivity index (χ0v) is 16.6. The van der Waals surface area contributed by atoms with E-state index in [-0.39, 0.29) is 36.2 Å². The topological polar surface area (TPSA) is 126 Å². The minimum atomic E-state index is -4.96. The molecule has 0 aliphatic heterocycles. The van der Waals surface area contributed by atoms with Crippen LogP contribution < -0.4 is 10.6 Å². The number of alkyl halides is 6. The van der Waals surface area contributed by atoms with Gasteiger partial charge in [-0.05, 0) is 30.2 Å². The summed E-state index contributed by atoms with van der Waals surface area (Å²) < 4.78 is 82.2. The maximum atomic E-state index is 12.9. The van der Waals surface area contributed by atoms with Crippen LogP contribution in [0.25, 0.3) is 0 Å². The second-order valence-corrected chi connectivity index (χ2v) is 6.58. The SMILES string of the molecule is O=NCCC(O)COC(=O)Nc1cnc(NCc2cc(C(F)(F)F)cc(C(F)(F)F)c2)nc1. The van der Waals surface area contributed by atoms with Gasteiger partial charge in [-0.15, -0.1) is 0 Å². The number of rotatable bonds is 9. The number of aromatic nitrogens is 2. The van der Waals surface area contributed by atoms with E-state index in [4.69, 9.17) is 4.74 Å². The van der Waals surface area contributed by atoms with E-state index in [9.17, 15) is 41.2 Å². The van der Waals surface area contributed by atoms with Crippen molar-refractivity contribution in [3.63, 3.8) is 0 Å². The van der Waals surface area contributed by atoms with Gasteiger partial charge >= 0.3 is 18.4 Å². The Kier molecular flexibility index (Phi) is 8.50. The summed E-state index contributed by atoms with van der Waals surface area (Å²) in [4.78, 5) is 29.2. The highest BCUT2D eigenvalue weighted by Gasteiger charge is 2.36. The predicted molar refractivity (Wildman–Crippen MR) is 102 cm³/mol. The second-order valence-electron chi connectivity index (χ2n) is 6.58. The maximum Gasteiger partial charge on any atom is 0.416 e. The number of nitroso groups, excluding NO2 is 1. The number of anilines is 2. The molecule has 0 fully saturated rings. The molecule has 0 aliphatic rings. The lowest BCUT2D eigenvalue weighted by molar-refractivity contribution is -0.143. The molecule has 15 heteroatoms. The number of carbonyl (C=O) groups excluding carboxylic acids is 1. The number of nitrogens with one attached hydrogen (secondary N) is 2. The zero-order chi connectivity index (χ0) is 24.6. The second kappa shape index (κ2) is 10.9. The third-order valence-corrected chi connectivity index (χ3v) is 3.96. The number of nitrogens with zero attached hydrogens (tertiary/aromatic N) is 3. The number of ether oxygens (including phenoxy) is 1. The monoisotopic (exact) mass is 481 g/mol. The summed E-state index contributed by atoms with van der Waals surface area (Å²) in [7, 11) is 0. The molecular weight excluding hydrogens is 464 g/mol. The van der Waals surface area contributed by atoms with E-state index in [2.05, 4.69) is 25.8 Å². The molecule has 0 saturated carbocycles. The lowest BCUT2D eigenvalue weighted by Gasteiger charge is -2.14. The standard InChI is InChI=1S/C18H17F6N5O4/c19-17(20,21)11-3-10(4-12(5-11)18(22,23)24)6-25-15-26-7-13(8-27-15)29-16(31)33-9-14(30)1-2-28-32/h3-5,7-8,14,30H,1-2,6,9H2,(H,29,31)(H,25,26,27). The van der Waals surface area contributed by atoms with Gasteiger partial charge in [0.2, 0.25) is 5.95 Å². The van der Waals surface area contributed by atoms with Crippen LogP contribution in [0.5, 0.6) is 0 Å². The van der Waals surface area contributed by atoms with Gasteiger partial charge < -0.3 is 15.2 Å². The van der Waals surface area contributed by atoms with Gasteiger partial charge in [0, 0.05) is 6.54 Å². The first-order valence-electron chi connectivity index (χ1n) is 9.13. The van der Waals surface area contributed by atoms with E-state index in [1.165, 1.54) is 0 Å². The van der Waals surface area contributed by atoms with Crippen molar-refractivity contribution in [1.29, 1.82) is 0 Å². The molecule has 1 aromatic carbocycles. The summed E-state index contributed by atoms with van der Waals surface area (Å²) in [5.74, 6) is -0.128. The molecule has 2 aromatic rings. The molecule has 0 bridgehead atoms. The smallest absolute Gasteiger partial charge is 0.416 e. The summed E-state index contributed by atoms with van der Waals surface area (Å²) in [5.41, 5.74) is -3.12. The van der Waals surface area contributed by atoms with E-state index in [0.29, 0.717) is 12.1 Å². The molecule has 0 aliphatic carbocycles. The molecule has 1 aromatic heterocycles. The van der Waals surface area contributed by atoms with Gasteiger partial charge in [0.05, 0.1) is 41.9 Å². The number of hydrogen-bond donors (Lipinski definition) is 3. The predicted octanol–water partition coefficient (Wildman–Crippen LogP) is 4.19. The number of hydrogen-bond acceptors (Lipinski definition) is 8. The van der Waals surface area contributed by atoms with Crippen molar-refractivity contribution in [3.8, 4) is 0 Å². The van der Waals surface area contributed by atoms with Crippen molar-refractivity contribution in [1.82, 2.24) is 9.97 Å². The van der Waals surface area contributed by atoms with Crippen LogP contribution in [0, 0.1) is 4.91 Å². The first-order chi connectivity index (χ1) is 15.4. The van der Waals surface area contributed by atoms with Crippen molar-refractivity contribution in [2.24, 2.45) is 5.18 Å². The van der Waals surface area contributed by atoms with Crippen molar-refractivity contribution < 1.29 is 41.0 Å². The van der Waals surface area contributed by atoms with Gasteiger partial charge in [-0.1, -0.05) is 5.18 Å². The lowest BCUT2D eigenvalue weighted by Crippen LogP contribution is -2.22. The molecule has 3 N–H and O–H groups in total. The minimum absolute atomic E-state index is 0.0105. The first-order valence-corrected chi connectivity index (χ1v) is 9.13. The molecule has 0 saturated heterocycles. The largest absolute Gasteiger partial charge is 0.447 e. The van der Waals surface area contributed by atoms with E-state index in [1.807, 2.05) is 0 Å². The number of aliphatic hydroxyl groups is 1. The maximum absolute atomic E-state index is 12.9. The Morgan fingerprint density at radius 1 is 1.06 bits per heavy atom.